The largest absolute Gasteiger partial charge is 0.480 e. The number of carbonyl (C=O) groups excluding carboxylic acids is 2. The summed E-state index contributed by atoms with van der Waals surface area (Å²) in [7, 11) is 1.46. The molecule has 3 amide bonds. The molecular weight excluding hydrogens is 268 g/mol. The van der Waals surface area contributed by atoms with Crippen LogP contribution in [0.1, 0.15) is 6.92 Å². The first-order chi connectivity index (χ1) is 6.86. The SMILES string of the molecule is CC(Br)C(=O)N1C(=O)N(C)C[C@H]1C(=O)O. The third-order valence-electron chi connectivity index (χ3n) is 2.15. The molecule has 1 rings (SSSR count). The fraction of sp³-hybridized carbons (Fsp3) is 0.625. The number of alkyl halides is 1. The van der Waals surface area contributed by atoms with E-state index in [1.54, 1.807) is 6.92 Å². The van der Waals surface area contributed by atoms with Crippen molar-refractivity contribution in [1.29, 1.82) is 0 Å². The maximum Gasteiger partial charge on any atom is 0.328 e. The lowest BCUT2D eigenvalue weighted by molar-refractivity contribution is -0.145. The number of likely N-dealkylation sites (N-methyl/N-ethyl adjacent to an activating group) is 1. The number of carboxylic acids is 1. The molecule has 1 saturated heterocycles. The van der Waals surface area contributed by atoms with Crippen LogP contribution in [0.5, 0.6) is 0 Å². The second kappa shape index (κ2) is 4.18. The molecule has 0 aromatic rings. The van der Waals surface area contributed by atoms with Crippen LogP contribution < -0.4 is 0 Å². The summed E-state index contributed by atoms with van der Waals surface area (Å²) in [4.78, 5) is 35.4. The standard InChI is InChI=1S/C8H11BrN2O4/c1-4(9)6(12)11-5(7(13)14)3-10(2)8(11)15/h4-5H,3H2,1-2H3,(H,13,14)/t4?,5-/m0/s1. The first-order valence-corrected chi connectivity index (χ1v) is 5.23. The number of hydrogen-bond acceptors (Lipinski definition) is 3. The van der Waals surface area contributed by atoms with Crippen molar-refractivity contribution in [2.24, 2.45) is 0 Å². The molecule has 0 radical (unpaired) electrons. The van der Waals surface area contributed by atoms with E-state index in [1.165, 1.54) is 11.9 Å². The zero-order valence-corrected chi connectivity index (χ0v) is 9.89. The minimum atomic E-state index is -1.17. The van der Waals surface area contributed by atoms with Gasteiger partial charge in [-0.1, -0.05) is 15.9 Å². The minimum absolute atomic E-state index is 0.0274. The fourth-order valence-corrected chi connectivity index (χ4v) is 1.59. The summed E-state index contributed by atoms with van der Waals surface area (Å²) in [6.07, 6.45) is 0. The Balaban J connectivity index is 2.96. The molecule has 7 heteroatoms. The van der Waals surface area contributed by atoms with Gasteiger partial charge in [-0.15, -0.1) is 0 Å². The van der Waals surface area contributed by atoms with Gasteiger partial charge in [-0.2, -0.15) is 0 Å². The van der Waals surface area contributed by atoms with E-state index in [9.17, 15) is 14.4 Å². The molecule has 0 spiro atoms. The van der Waals surface area contributed by atoms with Crippen LogP contribution in [0.2, 0.25) is 0 Å². The average Bonchev–Trinajstić information content (AvgIpc) is 2.42. The lowest BCUT2D eigenvalue weighted by atomic mass is 10.2. The number of amides is 3. The van der Waals surface area contributed by atoms with Crippen LogP contribution in [-0.4, -0.2) is 57.3 Å². The van der Waals surface area contributed by atoms with Gasteiger partial charge in [0.05, 0.1) is 11.4 Å². The van der Waals surface area contributed by atoms with E-state index in [2.05, 4.69) is 15.9 Å². The molecular formula is C8H11BrN2O4. The van der Waals surface area contributed by atoms with Crippen molar-refractivity contribution < 1.29 is 19.5 Å². The van der Waals surface area contributed by atoms with E-state index in [0.29, 0.717) is 0 Å². The van der Waals surface area contributed by atoms with Gasteiger partial charge < -0.3 is 10.0 Å². The number of aliphatic carboxylic acids is 1. The average molecular weight is 279 g/mol. The van der Waals surface area contributed by atoms with Crippen LogP contribution in [0, 0.1) is 0 Å². The Morgan fingerprint density at radius 2 is 2.13 bits per heavy atom. The summed E-state index contributed by atoms with van der Waals surface area (Å²) >= 11 is 3.02. The first kappa shape index (κ1) is 12.0. The Bertz CT molecular complexity index is 318. The second-order valence-corrected chi connectivity index (χ2v) is 4.71. The van der Waals surface area contributed by atoms with Crippen LogP contribution in [0.4, 0.5) is 4.79 Å². The Morgan fingerprint density at radius 1 is 1.60 bits per heavy atom. The smallest absolute Gasteiger partial charge is 0.328 e. The summed E-state index contributed by atoms with van der Waals surface area (Å²) in [5.41, 5.74) is 0. The van der Waals surface area contributed by atoms with Crippen LogP contribution in [0.15, 0.2) is 0 Å². The molecule has 1 fully saturated rings. The predicted molar refractivity (Wildman–Crippen MR) is 54.7 cm³/mol. The van der Waals surface area contributed by atoms with Crippen molar-refractivity contribution in [1.82, 2.24) is 9.80 Å². The van der Waals surface area contributed by atoms with Gasteiger partial charge in [-0.3, -0.25) is 4.79 Å². The molecule has 1 aliphatic rings. The Labute approximate surface area is 95.0 Å². The lowest BCUT2D eigenvalue weighted by Crippen LogP contribution is -2.46. The summed E-state index contributed by atoms with van der Waals surface area (Å²) in [6, 6.07) is -1.66. The van der Waals surface area contributed by atoms with Crippen LogP contribution in [0.25, 0.3) is 0 Å². The first-order valence-electron chi connectivity index (χ1n) is 4.31. The molecule has 2 atom stereocenters. The molecule has 1 aliphatic heterocycles. The summed E-state index contributed by atoms with van der Waals surface area (Å²) in [6.45, 7) is 1.58. The number of carboxylic acid groups (broad SMARTS) is 1. The van der Waals surface area contributed by atoms with Crippen molar-refractivity contribution in [2.45, 2.75) is 17.8 Å². The normalized spacial score (nSPS) is 23.1. The Morgan fingerprint density at radius 3 is 2.53 bits per heavy atom. The van der Waals surface area contributed by atoms with Crippen molar-refractivity contribution >= 4 is 33.8 Å². The highest BCUT2D eigenvalue weighted by Gasteiger charge is 2.44. The van der Waals surface area contributed by atoms with Crippen molar-refractivity contribution in [3.8, 4) is 0 Å². The predicted octanol–water partition coefficient (Wildman–Crippen LogP) is 0.117. The van der Waals surface area contributed by atoms with Crippen LogP contribution >= 0.6 is 15.9 Å². The van der Waals surface area contributed by atoms with Gasteiger partial charge in [0.15, 0.2) is 6.04 Å². The van der Waals surface area contributed by atoms with Crippen molar-refractivity contribution in [3.63, 3.8) is 0 Å². The topological polar surface area (TPSA) is 77.9 Å². The fourth-order valence-electron chi connectivity index (χ4n) is 1.36. The molecule has 84 valence electrons. The number of hydrogen-bond donors (Lipinski definition) is 1. The Kier molecular flexibility index (Phi) is 3.33. The Hall–Kier alpha value is -1.11. The molecule has 15 heavy (non-hydrogen) atoms. The molecule has 1 N–H and O–H groups in total. The van der Waals surface area contributed by atoms with E-state index < -0.39 is 28.8 Å². The van der Waals surface area contributed by atoms with Crippen molar-refractivity contribution in [2.75, 3.05) is 13.6 Å². The quantitative estimate of drug-likeness (QED) is 0.728. The highest BCUT2D eigenvalue weighted by molar-refractivity contribution is 9.10. The highest BCUT2D eigenvalue weighted by atomic mass is 79.9. The number of halogens is 1. The maximum atomic E-state index is 11.6. The number of rotatable bonds is 2. The molecule has 0 bridgehead atoms. The third kappa shape index (κ3) is 2.11. The van der Waals surface area contributed by atoms with Gasteiger partial charge in [-0.05, 0) is 6.92 Å². The highest BCUT2D eigenvalue weighted by Crippen LogP contribution is 2.18. The van der Waals surface area contributed by atoms with E-state index in [-0.39, 0.29) is 6.54 Å². The lowest BCUT2D eigenvalue weighted by Gasteiger charge is -2.19. The second-order valence-electron chi connectivity index (χ2n) is 3.34. The van der Waals surface area contributed by atoms with Gasteiger partial charge in [0.1, 0.15) is 0 Å². The van der Waals surface area contributed by atoms with Gasteiger partial charge >= 0.3 is 12.0 Å². The van der Waals surface area contributed by atoms with E-state index in [0.717, 1.165) is 4.90 Å². The van der Waals surface area contributed by atoms with Gasteiger partial charge in [0.25, 0.3) is 0 Å². The van der Waals surface area contributed by atoms with E-state index >= 15 is 0 Å². The zero-order valence-electron chi connectivity index (χ0n) is 8.31. The number of urea groups is 1. The molecule has 6 nitrogen and oxygen atoms in total. The van der Waals surface area contributed by atoms with E-state index in [1.807, 2.05) is 0 Å². The van der Waals surface area contributed by atoms with Crippen LogP contribution in [0.3, 0.4) is 0 Å². The molecule has 1 unspecified atom stereocenters. The van der Waals surface area contributed by atoms with Gasteiger partial charge in [0, 0.05) is 7.05 Å². The minimum Gasteiger partial charge on any atom is -0.480 e. The van der Waals surface area contributed by atoms with Gasteiger partial charge in [-0.25, -0.2) is 14.5 Å². The number of nitrogens with zero attached hydrogens (tertiary/aromatic N) is 2. The molecule has 0 aliphatic carbocycles. The monoisotopic (exact) mass is 278 g/mol. The van der Waals surface area contributed by atoms with Crippen molar-refractivity contribution in [3.05, 3.63) is 0 Å². The number of carbonyl (C=O) groups is 3. The molecule has 0 aromatic heterocycles. The van der Waals surface area contributed by atoms with E-state index in [4.69, 9.17) is 5.11 Å². The molecule has 1 heterocycles. The summed E-state index contributed by atoms with van der Waals surface area (Å²) in [5.74, 6) is -1.70. The molecule has 0 saturated carbocycles. The van der Waals surface area contributed by atoms with Gasteiger partial charge in [0.2, 0.25) is 5.91 Å². The number of imide groups is 1. The maximum absolute atomic E-state index is 11.6. The summed E-state index contributed by atoms with van der Waals surface area (Å²) in [5, 5.41) is 8.86. The zero-order chi connectivity index (χ0) is 11.7. The van der Waals surface area contributed by atoms with Crippen LogP contribution in [-0.2, 0) is 9.59 Å². The molecule has 0 aromatic carbocycles. The third-order valence-corrected chi connectivity index (χ3v) is 2.55. The summed E-state index contributed by atoms with van der Waals surface area (Å²) < 4.78 is 0.